The number of hydrogen-bond acceptors (Lipinski definition) is 4. The van der Waals surface area contributed by atoms with Crippen molar-refractivity contribution < 1.29 is 4.74 Å². The predicted octanol–water partition coefficient (Wildman–Crippen LogP) is 3.97. The van der Waals surface area contributed by atoms with Gasteiger partial charge in [0.05, 0.1) is 12.6 Å². The van der Waals surface area contributed by atoms with Crippen LogP contribution in [-0.4, -0.2) is 6.61 Å². The molecular formula is C20H27N3O. The molecule has 2 aromatic rings. The molecule has 0 radical (unpaired) electrons. The number of para-hydroxylation sites is 1. The van der Waals surface area contributed by atoms with Crippen LogP contribution in [0.4, 0.5) is 5.69 Å². The minimum atomic E-state index is 0.234. The summed E-state index contributed by atoms with van der Waals surface area (Å²) in [6.07, 6.45) is 2.05. The SMILES string of the molecule is CC(C)CCOc1ccc(C2CC(c3ccccc3N)NN2)cc1. The molecule has 0 spiro atoms. The zero-order chi connectivity index (χ0) is 16.9. The van der Waals surface area contributed by atoms with Gasteiger partial charge in [-0.15, -0.1) is 0 Å². The van der Waals surface area contributed by atoms with Gasteiger partial charge in [0.1, 0.15) is 5.75 Å². The van der Waals surface area contributed by atoms with Crippen molar-refractivity contribution in [2.75, 3.05) is 12.3 Å². The number of ether oxygens (including phenoxy) is 1. The molecule has 4 heteroatoms. The molecule has 1 saturated heterocycles. The van der Waals surface area contributed by atoms with Gasteiger partial charge in [-0.1, -0.05) is 44.2 Å². The highest BCUT2D eigenvalue weighted by molar-refractivity contribution is 5.48. The summed E-state index contributed by atoms with van der Waals surface area (Å²) >= 11 is 0. The second-order valence-electron chi connectivity index (χ2n) is 6.86. The van der Waals surface area contributed by atoms with E-state index in [1.165, 1.54) is 5.56 Å². The number of nitrogens with two attached hydrogens (primary N) is 1. The lowest BCUT2D eigenvalue weighted by molar-refractivity contribution is 0.289. The van der Waals surface area contributed by atoms with Gasteiger partial charge < -0.3 is 10.5 Å². The number of nitrogen functional groups attached to an aromatic ring is 1. The van der Waals surface area contributed by atoms with Gasteiger partial charge in [0.2, 0.25) is 0 Å². The Kier molecular flexibility index (Phi) is 5.38. The molecule has 1 heterocycles. The molecule has 0 saturated carbocycles. The largest absolute Gasteiger partial charge is 0.494 e. The molecule has 0 amide bonds. The first-order chi connectivity index (χ1) is 11.6. The molecule has 1 aliphatic heterocycles. The molecule has 2 unspecified atom stereocenters. The van der Waals surface area contributed by atoms with Crippen LogP contribution in [0, 0.1) is 5.92 Å². The molecule has 128 valence electrons. The summed E-state index contributed by atoms with van der Waals surface area (Å²) in [6, 6.07) is 16.9. The second kappa shape index (κ2) is 7.69. The quantitative estimate of drug-likeness (QED) is 0.703. The first kappa shape index (κ1) is 16.8. The van der Waals surface area contributed by atoms with Crippen molar-refractivity contribution in [2.45, 2.75) is 38.8 Å². The van der Waals surface area contributed by atoms with Gasteiger partial charge in [0.15, 0.2) is 0 Å². The van der Waals surface area contributed by atoms with Crippen molar-refractivity contribution in [3.8, 4) is 5.75 Å². The maximum Gasteiger partial charge on any atom is 0.119 e. The van der Waals surface area contributed by atoms with Crippen LogP contribution in [-0.2, 0) is 0 Å². The Morgan fingerprint density at radius 3 is 2.46 bits per heavy atom. The Morgan fingerprint density at radius 2 is 1.75 bits per heavy atom. The lowest BCUT2D eigenvalue weighted by atomic mass is 9.97. The fourth-order valence-corrected chi connectivity index (χ4v) is 3.02. The lowest BCUT2D eigenvalue weighted by Gasteiger charge is -2.13. The van der Waals surface area contributed by atoms with Gasteiger partial charge in [-0.2, -0.15) is 0 Å². The summed E-state index contributed by atoms with van der Waals surface area (Å²) in [5, 5.41) is 0. The fourth-order valence-electron chi connectivity index (χ4n) is 3.02. The third-order valence-electron chi connectivity index (χ3n) is 4.52. The molecule has 1 aliphatic rings. The monoisotopic (exact) mass is 325 g/mol. The van der Waals surface area contributed by atoms with Crippen molar-refractivity contribution in [3.05, 3.63) is 59.7 Å². The molecule has 2 atom stereocenters. The number of benzene rings is 2. The van der Waals surface area contributed by atoms with E-state index < -0.39 is 0 Å². The van der Waals surface area contributed by atoms with Crippen LogP contribution in [0.1, 0.15) is 49.9 Å². The van der Waals surface area contributed by atoms with Crippen LogP contribution < -0.4 is 21.3 Å². The maximum atomic E-state index is 6.09. The molecule has 3 rings (SSSR count). The Bertz CT molecular complexity index is 654. The molecule has 1 fully saturated rings. The highest BCUT2D eigenvalue weighted by Gasteiger charge is 2.27. The number of anilines is 1. The van der Waals surface area contributed by atoms with Crippen LogP contribution in [0.3, 0.4) is 0 Å². The highest BCUT2D eigenvalue weighted by atomic mass is 16.5. The summed E-state index contributed by atoms with van der Waals surface area (Å²) in [7, 11) is 0. The number of nitrogens with one attached hydrogen (secondary N) is 2. The minimum Gasteiger partial charge on any atom is -0.494 e. The summed E-state index contributed by atoms with van der Waals surface area (Å²) in [5.74, 6) is 1.61. The van der Waals surface area contributed by atoms with Gasteiger partial charge >= 0.3 is 0 Å². The molecule has 2 aromatic carbocycles. The van der Waals surface area contributed by atoms with E-state index in [0.717, 1.165) is 36.4 Å². The first-order valence-electron chi connectivity index (χ1n) is 8.71. The van der Waals surface area contributed by atoms with Crippen LogP contribution >= 0.6 is 0 Å². The van der Waals surface area contributed by atoms with Crippen molar-refractivity contribution in [1.82, 2.24) is 10.9 Å². The van der Waals surface area contributed by atoms with Crippen molar-refractivity contribution in [2.24, 2.45) is 5.92 Å². The summed E-state index contributed by atoms with van der Waals surface area (Å²) < 4.78 is 5.79. The summed E-state index contributed by atoms with van der Waals surface area (Å²) in [6.45, 7) is 5.19. The zero-order valence-electron chi connectivity index (χ0n) is 14.5. The smallest absolute Gasteiger partial charge is 0.119 e. The van der Waals surface area contributed by atoms with Crippen LogP contribution in [0.25, 0.3) is 0 Å². The van der Waals surface area contributed by atoms with Crippen LogP contribution in [0.5, 0.6) is 5.75 Å². The van der Waals surface area contributed by atoms with Crippen molar-refractivity contribution in [1.29, 1.82) is 0 Å². The van der Waals surface area contributed by atoms with Gasteiger partial charge in [-0.3, -0.25) is 0 Å². The Labute approximate surface area is 144 Å². The molecule has 0 aliphatic carbocycles. The van der Waals surface area contributed by atoms with E-state index in [1.807, 2.05) is 18.2 Å². The lowest BCUT2D eigenvalue weighted by Crippen LogP contribution is -2.27. The number of hydrazine groups is 1. The van der Waals surface area contributed by atoms with Crippen LogP contribution in [0.2, 0.25) is 0 Å². The van der Waals surface area contributed by atoms with E-state index in [9.17, 15) is 0 Å². The topological polar surface area (TPSA) is 59.3 Å². The van der Waals surface area contributed by atoms with Gasteiger partial charge in [-0.05, 0) is 48.1 Å². The minimum absolute atomic E-state index is 0.234. The zero-order valence-corrected chi connectivity index (χ0v) is 14.5. The van der Waals surface area contributed by atoms with E-state index >= 15 is 0 Å². The third-order valence-corrected chi connectivity index (χ3v) is 4.52. The Hall–Kier alpha value is -2.04. The van der Waals surface area contributed by atoms with Gasteiger partial charge in [-0.25, -0.2) is 10.9 Å². The normalized spacial score (nSPS) is 20.5. The van der Waals surface area contributed by atoms with E-state index in [0.29, 0.717) is 5.92 Å². The molecular weight excluding hydrogens is 298 g/mol. The highest BCUT2D eigenvalue weighted by Crippen LogP contribution is 2.33. The van der Waals surface area contributed by atoms with E-state index in [-0.39, 0.29) is 12.1 Å². The third kappa shape index (κ3) is 4.08. The average Bonchev–Trinajstić information content (AvgIpc) is 3.05. The molecule has 0 bridgehead atoms. The van der Waals surface area contributed by atoms with E-state index in [4.69, 9.17) is 10.5 Å². The molecule has 0 aromatic heterocycles. The van der Waals surface area contributed by atoms with E-state index in [1.54, 1.807) is 0 Å². The average molecular weight is 325 g/mol. The fraction of sp³-hybridized carbons (Fsp3) is 0.400. The molecule has 4 nitrogen and oxygen atoms in total. The van der Waals surface area contributed by atoms with E-state index in [2.05, 4.69) is 55.0 Å². The molecule has 4 N–H and O–H groups in total. The van der Waals surface area contributed by atoms with Crippen molar-refractivity contribution >= 4 is 5.69 Å². The number of rotatable bonds is 6. The maximum absolute atomic E-state index is 6.09. The van der Waals surface area contributed by atoms with Gasteiger partial charge in [0, 0.05) is 11.7 Å². The van der Waals surface area contributed by atoms with Crippen LogP contribution in [0.15, 0.2) is 48.5 Å². The summed E-state index contributed by atoms with van der Waals surface area (Å²) in [5.41, 5.74) is 16.1. The van der Waals surface area contributed by atoms with Crippen molar-refractivity contribution in [3.63, 3.8) is 0 Å². The number of hydrogen-bond donors (Lipinski definition) is 3. The predicted molar refractivity (Wildman–Crippen MR) is 98.6 cm³/mol. The standard InChI is InChI=1S/C20H27N3O/c1-14(2)11-12-24-16-9-7-15(8-10-16)19-13-20(23-22-19)17-5-3-4-6-18(17)21/h3-10,14,19-20,22-23H,11-13,21H2,1-2H3. The first-order valence-corrected chi connectivity index (χ1v) is 8.71. The Morgan fingerprint density at radius 1 is 1.04 bits per heavy atom. The summed E-state index contributed by atoms with van der Waals surface area (Å²) in [4.78, 5) is 0. The molecule has 24 heavy (non-hydrogen) atoms. The second-order valence-corrected chi connectivity index (χ2v) is 6.86. The van der Waals surface area contributed by atoms with Gasteiger partial charge in [0.25, 0.3) is 0 Å². The Balaban J connectivity index is 1.59.